The highest BCUT2D eigenvalue weighted by Gasteiger charge is 2.18. The van der Waals surface area contributed by atoms with Crippen LogP contribution in [-0.2, 0) is 10.1 Å². The molecule has 0 heterocycles. The number of esters is 1. The maximum Gasteiger partial charge on any atom is 0.338 e. The second kappa shape index (κ2) is 5.21. The van der Waals surface area contributed by atoms with E-state index in [1.54, 1.807) is 6.92 Å². The fraction of sp³-hybridized carbons (Fsp3) is 0.300. The lowest BCUT2D eigenvalue weighted by Gasteiger charge is -2.07. The average molecular weight is 279 g/mol. The van der Waals surface area contributed by atoms with Crippen LogP contribution in [0.15, 0.2) is 12.1 Å². The number of rotatable bonds is 3. The van der Waals surface area contributed by atoms with Gasteiger partial charge in [0.05, 0.1) is 12.2 Å². The molecule has 0 saturated heterocycles. The van der Waals surface area contributed by atoms with Crippen LogP contribution >= 0.6 is 15.9 Å². The van der Waals surface area contributed by atoms with Crippen molar-refractivity contribution in [3.05, 3.63) is 34.9 Å². The number of carbonyl (C=O) groups excluding carboxylic acids is 1. The Morgan fingerprint density at radius 2 is 2.13 bits per heavy atom. The molecule has 0 aliphatic rings. The molecule has 0 bridgehead atoms. The van der Waals surface area contributed by atoms with Crippen LogP contribution in [0.1, 0.15) is 22.8 Å². The Bertz CT molecular complexity index is 380. The summed E-state index contributed by atoms with van der Waals surface area (Å²) in [6.07, 6.45) is 0. The predicted octanol–water partition coefficient (Wildman–Crippen LogP) is 3.04. The maximum absolute atomic E-state index is 13.3. The van der Waals surface area contributed by atoms with Crippen molar-refractivity contribution in [1.82, 2.24) is 0 Å². The Kier molecular flexibility index (Phi) is 4.20. The third-order valence-electron chi connectivity index (χ3n) is 1.83. The molecule has 2 nitrogen and oxygen atoms in total. The molecule has 82 valence electrons. The summed E-state index contributed by atoms with van der Waals surface area (Å²) in [7, 11) is 0. The van der Waals surface area contributed by atoms with E-state index in [0.29, 0.717) is 0 Å². The van der Waals surface area contributed by atoms with Crippen molar-refractivity contribution in [2.45, 2.75) is 12.3 Å². The minimum Gasteiger partial charge on any atom is -0.462 e. The summed E-state index contributed by atoms with van der Waals surface area (Å²) in [6.45, 7) is 1.84. The largest absolute Gasteiger partial charge is 0.462 e. The normalized spacial score (nSPS) is 10.1. The molecule has 0 spiro atoms. The topological polar surface area (TPSA) is 26.3 Å². The molecule has 1 aromatic rings. The molecule has 0 N–H and O–H groups in total. The molecule has 0 aliphatic carbocycles. The Balaban J connectivity index is 3.18. The molecule has 1 rings (SSSR count). The third kappa shape index (κ3) is 2.53. The van der Waals surface area contributed by atoms with E-state index >= 15 is 0 Å². The van der Waals surface area contributed by atoms with Crippen molar-refractivity contribution >= 4 is 21.9 Å². The van der Waals surface area contributed by atoms with Crippen LogP contribution in [0, 0.1) is 11.6 Å². The van der Waals surface area contributed by atoms with E-state index in [2.05, 4.69) is 15.9 Å². The number of ether oxygens (including phenoxy) is 1. The number of carbonyl (C=O) groups is 1. The monoisotopic (exact) mass is 278 g/mol. The fourth-order valence-electron chi connectivity index (χ4n) is 1.12. The zero-order chi connectivity index (χ0) is 11.4. The van der Waals surface area contributed by atoms with Crippen molar-refractivity contribution in [3.8, 4) is 0 Å². The van der Waals surface area contributed by atoms with Crippen molar-refractivity contribution in [1.29, 1.82) is 0 Å². The quantitative estimate of drug-likeness (QED) is 0.628. The van der Waals surface area contributed by atoms with Crippen molar-refractivity contribution in [2.75, 3.05) is 6.61 Å². The first kappa shape index (κ1) is 12.1. The van der Waals surface area contributed by atoms with Gasteiger partial charge in [0.25, 0.3) is 0 Å². The van der Waals surface area contributed by atoms with E-state index in [4.69, 9.17) is 4.74 Å². The van der Waals surface area contributed by atoms with Crippen molar-refractivity contribution in [2.24, 2.45) is 0 Å². The number of hydrogen-bond acceptors (Lipinski definition) is 2. The fourth-order valence-corrected chi connectivity index (χ4v) is 1.67. The zero-order valence-corrected chi connectivity index (χ0v) is 9.61. The second-order valence-electron chi connectivity index (χ2n) is 2.74. The summed E-state index contributed by atoms with van der Waals surface area (Å²) in [5, 5.41) is 0.0603. The summed E-state index contributed by atoms with van der Waals surface area (Å²) < 4.78 is 30.8. The Morgan fingerprint density at radius 3 is 2.67 bits per heavy atom. The number of benzene rings is 1. The number of halogens is 3. The highest BCUT2D eigenvalue weighted by atomic mass is 79.9. The SMILES string of the molecule is CCOC(=O)c1ccc(F)c(F)c1CBr. The van der Waals surface area contributed by atoms with Gasteiger partial charge in [-0.3, -0.25) is 0 Å². The van der Waals surface area contributed by atoms with E-state index in [1.807, 2.05) is 0 Å². The summed E-state index contributed by atoms with van der Waals surface area (Å²) in [5.74, 6) is -2.64. The van der Waals surface area contributed by atoms with Gasteiger partial charge in [-0.15, -0.1) is 0 Å². The first-order valence-electron chi connectivity index (χ1n) is 4.31. The minimum atomic E-state index is -1.02. The number of alkyl halides is 1. The lowest BCUT2D eigenvalue weighted by molar-refractivity contribution is 0.0524. The Hall–Kier alpha value is -0.970. The summed E-state index contributed by atoms with van der Waals surface area (Å²) in [5.41, 5.74) is 0.0288. The predicted molar refractivity (Wildman–Crippen MR) is 54.9 cm³/mol. The third-order valence-corrected chi connectivity index (χ3v) is 2.39. The zero-order valence-electron chi connectivity index (χ0n) is 8.02. The van der Waals surface area contributed by atoms with Crippen molar-refractivity contribution in [3.63, 3.8) is 0 Å². The van der Waals surface area contributed by atoms with E-state index in [-0.39, 0.29) is 23.1 Å². The molecule has 15 heavy (non-hydrogen) atoms. The van der Waals surface area contributed by atoms with E-state index in [0.717, 1.165) is 6.07 Å². The van der Waals surface area contributed by atoms with Gasteiger partial charge in [0, 0.05) is 10.9 Å². The van der Waals surface area contributed by atoms with Gasteiger partial charge in [0.1, 0.15) is 0 Å². The van der Waals surface area contributed by atoms with Crippen LogP contribution in [0.3, 0.4) is 0 Å². The van der Waals surface area contributed by atoms with Crippen molar-refractivity contribution < 1.29 is 18.3 Å². The van der Waals surface area contributed by atoms with Crippen LogP contribution < -0.4 is 0 Å². The van der Waals surface area contributed by atoms with Gasteiger partial charge in [0.15, 0.2) is 11.6 Å². The van der Waals surface area contributed by atoms with E-state index in [1.165, 1.54) is 6.07 Å². The van der Waals surface area contributed by atoms with Crippen LogP contribution in [0.4, 0.5) is 8.78 Å². The van der Waals surface area contributed by atoms with Gasteiger partial charge >= 0.3 is 5.97 Å². The lowest BCUT2D eigenvalue weighted by Crippen LogP contribution is -2.09. The molecular weight excluding hydrogens is 270 g/mol. The molecule has 0 aliphatic heterocycles. The van der Waals surface area contributed by atoms with Gasteiger partial charge in [-0.2, -0.15) is 0 Å². The molecule has 0 fully saturated rings. The highest BCUT2D eigenvalue weighted by molar-refractivity contribution is 9.08. The highest BCUT2D eigenvalue weighted by Crippen LogP contribution is 2.20. The second-order valence-corrected chi connectivity index (χ2v) is 3.30. The van der Waals surface area contributed by atoms with E-state index in [9.17, 15) is 13.6 Å². The van der Waals surface area contributed by atoms with Gasteiger partial charge < -0.3 is 4.74 Å². The van der Waals surface area contributed by atoms with Crippen LogP contribution in [0.5, 0.6) is 0 Å². The molecule has 0 unspecified atom stereocenters. The lowest BCUT2D eigenvalue weighted by atomic mass is 10.1. The smallest absolute Gasteiger partial charge is 0.338 e. The van der Waals surface area contributed by atoms with Crippen LogP contribution in [0.25, 0.3) is 0 Å². The molecule has 5 heteroatoms. The first-order chi connectivity index (χ1) is 7.11. The molecule has 1 aromatic carbocycles. The standard InChI is InChI=1S/C10H9BrF2O2/c1-2-15-10(14)6-3-4-8(12)9(13)7(6)5-11/h3-4H,2,5H2,1H3. The molecule has 0 saturated carbocycles. The molecule has 0 radical (unpaired) electrons. The van der Waals surface area contributed by atoms with Gasteiger partial charge in [-0.25, -0.2) is 13.6 Å². The van der Waals surface area contributed by atoms with Gasteiger partial charge in [-0.1, -0.05) is 15.9 Å². The summed E-state index contributed by atoms with van der Waals surface area (Å²) in [4.78, 5) is 11.4. The summed E-state index contributed by atoms with van der Waals surface area (Å²) in [6, 6.07) is 2.13. The van der Waals surface area contributed by atoms with Gasteiger partial charge in [-0.05, 0) is 19.1 Å². The Labute approximate surface area is 94.4 Å². The van der Waals surface area contributed by atoms with Crippen LogP contribution in [0.2, 0.25) is 0 Å². The average Bonchev–Trinajstić information content (AvgIpc) is 2.22. The minimum absolute atomic E-state index is 0.0200. The van der Waals surface area contributed by atoms with E-state index < -0.39 is 17.6 Å². The maximum atomic E-state index is 13.3. The Morgan fingerprint density at radius 1 is 1.47 bits per heavy atom. The molecular formula is C10H9BrF2O2. The number of hydrogen-bond donors (Lipinski definition) is 0. The molecule has 0 amide bonds. The molecule has 0 atom stereocenters. The molecule has 0 aromatic heterocycles. The van der Waals surface area contributed by atoms with Gasteiger partial charge in [0.2, 0.25) is 0 Å². The van der Waals surface area contributed by atoms with Crippen LogP contribution in [-0.4, -0.2) is 12.6 Å². The first-order valence-corrected chi connectivity index (χ1v) is 5.43. The summed E-state index contributed by atoms with van der Waals surface area (Å²) >= 11 is 3.00.